The first kappa shape index (κ1) is 17.9. The summed E-state index contributed by atoms with van der Waals surface area (Å²) in [5.41, 5.74) is 1.71. The number of nitrogens with zero attached hydrogens (tertiary/aromatic N) is 1. The molecule has 2 aromatic rings. The van der Waals surface area contributed by atoms with E-state index in [0.717, 1.165) is 11.3 Å². The standard InChI is InChI=1S/C20H21FN2O3/c1-14-3-2-4-18(11-14)26-10-9-22-20(25)15-12-19(24)23(13-15)17-7-5-16(21)6-8-17/h2-8,11,15H,9-10,12-13H2,1H3,(H,22,25)/t15-/m1/s1. The average Bonchev–Trinajstić information content (AvgIpc) is 3.01. The monoisotopic (exact) mass is 356 g/mol. The molecule has 1 N–H and O–H groups in total. The minimum atomic E-state index is -0.411. The van der Waals surface area contributed by atoms with Crippen molar-refractivity contribution < 1.29 is 18.7 Å². The molecule has 1 fully saturated rings. The highest BCUT2D eigenvalue weighted by Crippen LogP contribution is 2.25. The Kier molecular flexibility index (Phi) is 5.51. The average molecular weight is 356 g/mol. The van der Waals surface area contributed by atoms with Crippen molar-refractivity contribution in [2.75, 3.05) is 24.6 Å². The zero-order chi connectivity index (χ0) is 18.5. The zero-order valence-corrected chi connectivity index (χ0v) is 14.6. The SMILES string of the molecule is Cc1cccc(OCCNC(=O)[C@@H]2CC(=O)N(c3ccc(F)cc3)C2)c1. The highest BCUT2D eigenvalue weighted by molar-refractivity contribution is 6.00. The fraction of sp³-hybridized carbons (Fsp3) is 0.300. The number of rotatable bonds is 6. The quantitative estimate of drug-likeness (QED) is 0.810. The van der Waals surface area contributed by atoms with E-state index < -0.39 is 5.92 Å². The molecule has 136 valence electrons. The van der Waals surface area contributed by atoms with E-state index in [1.807, 2.05) is 31.2 Å². The van der Waals surface area contributed by atoms with E-state index in [1.54, 1.807) is 12.1 Å². The number of halogens is 1. The summed E-state index contributed by atoms with van der Waals surface area (Å²) in [5.74, 6) is -0.309. The lowest BCUT2D eigenvalue weighted by Gasteiger charge is -2.16. The highest BCUT2D eigenvalue weighted by Gasteiger charge is 2.34. The van der Waals surface area contributed by atoms with Crippen LogP contribution in [0.4, 0.5) is 10.1 Å². The van der Waals surface area contributed by atoms with Gasteiger partial charge in [-0.1, -0.05) is 12.1 Å². The molecule has 0 radical (unpaired) electrons. The second kappa shape index (κ2) is 7.99. The minimum Gasteiger partial charge on any atom is -0.492 e. The van der Waals surface area contributed by atoms with Crippen molar-refractivity contribution in [3.63, 3.8) is 0 Å². The number of anilines is 1. The van der Waals surface area contributed by atoms with Crippen LogP contribution in [0.25, 0.3) is 0 Å². The van der Waals surface area contributed by atoms with E-state index >= 15 is 0 Å². The van der Waals surface area contributed by atoms with Gasteiger partial charge in [0.2, 0.25) is 11.8 Å². The molecule has 3 rings (SSSR count). The molecule has 0 aromatic heterocycles. The number of amides is 2. The van der Waals surface area contributed by atoms with Crippen LogP contribution in [0, 0.1) is 18.7 Å². The lowest BCUT2D eigenvalue weighted by molar-refractivity contribution is -0.126. The van der Waals surface area contributed by atoms with E-state index in [0.29, 0.717) is 25.4 Å². The van der Waals surface area contributed by atoms with Gasteiger partial charge in [-0.05, 0) is 48.9 Å². The zero-order valence-electron chi connectivity index (χ0n) is 14.6. The van der Waals surface area contributed by atoms with Gasteiger partial charge in [0.1, 0.15) is 18.2 Å². The number of carbonyl (C=O) groups is 2. The van der Waals surface area contributed by atoms with Gasteiger partial charge in [0.05, 0.1) is 12.5 Å². The topological polar surface area (TPSA) is 58.6 Å². The molecular weight excluding hydrogens is 335 g/mol. The maximum absolute atomic E-state index is 13.0. The van der Waals surface area contributed by atoms with E-state index in [1.165, 1.54) is 17.0 Å². The number of hydrogen-bond acceptors (Lipinski definition) is 3. The molecule has 1 aliphatic heterocycles. The van der Waals surface area contributed by atoms with Gasteiger partial charge in [0.25, 0.3) is 0 Å². The smallest absolute Gasteiger partial charge is 0.227 e. The molecule has 1 aliphatic rings. The van der Waals surface area contributed by atoms with Crippen LogP contribution in [0.15, 0.2) is 48.5 Å². The first-order valence-electron chi connectivity index (χ1n) is 8.56. The van der Waals surface area contributed by atoms with Crippen molar-refractivity contribution in [2.45, 2.75) is 13.3 Å². The second-order valence-electron chi connectivity index (χ2n) is 6.34. The Balaban J connectivity index is 1.46. The van der Waals surface area contributed by atoms with Gasteiger partial charge in [0.15, 0.2) is 0 Å². The maximum Gasteiger partial charge on any atom is 0.227 e. The fourth-order valence-corrected chi connectivity index (χ4v) is 2.95. The molecule has 2 aromatic carbocycles. The molecule has 6 heteroatoms. The second-order valence-corrected chi connectivity index (χ2v) is 6.34. The Labute approximate surface area is 151 Å². The Bertz CT molecular complexity index is 792. The fourth-order valence-electron chi connectivity index (χ4n) is 2.95. The summed E-state index contributed by atoms with van der Waals surface area (Å²) in [6.07, 6.45) is 0.155. The first-order chi connectivity index (χ1) is 12.5. The third kappa shape index (κ3) is 4.39. The van der Waals surface area contributed by atoms with E-state index in [4.69, 9.17) is 4.74 Å². The Morgan fingerprint density at radius 3 is 2.77 bits per heavy atom. The third-order valence-corrected chi connectivity index (χ3v) is 4.29. The van der Waals surface area contributed by atoms with Gasteiger partial charge in [-0.3, -0.25) is 9.59 Å². The number of hydrogen-bond donors (Lipinski definition) is 1. The lowest BCUT2D eigenvalue weighted by atomic mass is 10.1. The summed E-state index contributed by atoms with van der Waals surface area (Å²) in [6.45, 7) is 3.01. The van der Waals surface area contributed by atoms with Crippen LogP contribution in [0.1, 0.15) is 12.0 Å². The Morgan fingerprint density at radius 2 is 2.04 bits per heavy atom. The molecular formula is C20H21FN2O3. The van der Waals surface area contributed by atoms with Crippen molar-refractivity contribution in [1.82, 2.24) is 5.32 Å². The van der Waals surface area contributed by atoms with Crippen molar-refractivity contribution in [2.24, 2.45) is 5.92 Å². The van der Waals surface area contributed by atoms with Crippen molar-refractivity contribution >= 4 is 17.5 Å². The lowest BCUT2D eigenvalue weighted by Crippen LogP contribution is -2.35. The predicted molar refractivity (Wildman–Crippen MR) is 96.5 cm³/mol. The van der Waals surface area contributed by atoms with Crippen LogP contribution >= 0.6 is 0 Å². The number of carbonyl (C=O) groups excluding carboxylic acids is 2. The van der Waals surface area contributed by atoms with E-state index in [9.17, 15) is 14.0 Å². The summed E-state index contributed by atoms with van der Waals surface area (Å²) in [5, 5.41) is 2.81. The minimum absolute atomic E-state index is 0.132. The molecule has 0 unspecified atom stereocenters. The number of ether oxygens (including phenoxy) is 1. The van der Waals surface area contributed by atoms with Crippen LogP contribution in [0.3, 0.4) is 0 Å². The molecule has 0 saturated carbocycles. The molecule has 1 heterocycles. The van der Waals surface area contributed by atoms with Gasteiger partial charge < -0.3 is 15.0 Å². The summed E-state index contributed by atoms with van der Waals surface area (Å²) in [7, 11) is 0. The molecule has 26 heavy (non-hydrogen) atoms. The Hall–Kier alpha value is -2.89. The van der Waals surface area contributed by atoms with E-state index in [2.05, 4.69) is 5.32 Å². The van der Waals surface area contributed by atoms with Crippen LogP contribution in [-0.2, 0) is 9.59 Å². The normalized spacial score (nSPS) is 16.6. The van der Waals surface area contributed by atoms with Gasteiger partial charge in [-0.2, -0.15) is 0 Å². The van der Waals surface area contributed by atoms with Crippen molar-refractivity contribution in [3.8, 4) is 5.75 Å². The summed E-state index contributed by atoms with van der Waals surface area (Å²) in [6, 6.07) is 13.4. The molecule has 0 bridgehead atoms. The first-order valence-corrected chi connectivity index (χ1v) is 8.56. The molecule has 5 nitrogen and oxygen atoms in total. The van der Waals surface area contributed by atoms with E-state index in [-0.39, 0.29) is 24.1 Å². The third-order valence-electron chi connectivity index (χ3n) is 4.29. The molecule has 1 atom stereocenters. The predicted octanol–water partition coefficient (Wildman–Crippen LogP) is 2.68. The van der Waals surface area contributed by atoms with Crippen molar-refractivity contribution in [3.05, 3.63) is 59.9 Å². The van der Waals surface area contributed by atoms with Gasteiger partial charge in [-0.15, -0.1) is 0 Å². The van der Waals surface area contributed by atoms with Gasteiger partial charge in [-0.25, -0.2) is 4.39 Å². The van der Waals surface area contributed by atoms with Crippen LogP contribution < -0.4 is 15.0 Å². The number of aryl methyl sites for hydroxylation is 1. The van der Waals surface area contributed by atoms with Gasteiger partial charge in [0, 0.05) is 18.7 Å². The molecule has 1 saturated heterocycles. The maximum atomic E-state index is 13.0. The largest absolute Gasteiger partial charge is 0.492 e. The number of benzene rings is 2. The molecule has 2 amide bonds. The number of nitrogens with one attached hydrogen (secondary N) is 1. The highest BCUT2D eigenvalue weighted by atomic mass is 19.1. The summed E-state index contributed by atoms with van der Waals surface area (Å²) < 4.78 is 18.6. The van der Waals surface area contributed by atoms with Gasteiger partial charge >= 0.3 is 0 Å². The van der Waals surface area contributed by atoms with Crippen LogP contribution in [-0.4, -0.2) is 31.5 Å². The van der Waals surface area contributed by atoms with Crippen LogP contribution in [0.2, 0.25) is 0 Å². The summed E-state index contributed by atoms with van der Waals surface area (Å²) in [4.78, 5) is 26.0. The Morgan fingerprint density at radius 1 is 1.27 bits per heavy atom. The van der Waals surface area contributed by atoms with Crippen LogP contribution in [0.5, 0.6) is 5.75 Å². The molecule has 0 spiro atoms. The summed E-state index contributed by atoms with van der Waals surface area (Å²) >= 11 is 0. The molecule has 0 aliphatic carbocycles. The van der Waals surface area contributed by atoms with Crippen molar-refractivity contribution in [1.29, 1.82) is 0 Å².